The van der Waals surface area contributed by atoms with Crippen molar-refractivity contribution < 1.29 is 23.4 Å². The minimum Gasteiger partial charge on any atom is -0.395 e. The normalized spacial score (nSPS) is 20.4. The fourth-order valence-corrected chi connectivity index (χ4v) is 4.10. The quantitative estimate of drug-likeness (QED) is 0.764. The summed E-state index contributed by atoms with van der Waals surface area (Å²) in [6, 6.07) is 1.70. The number of pyridine rings is 1. The van der Waals surface area contributed by atoms with E-state index in [2.05, 4.69) is 14.8 Å². The van der Waals surface area contributed by atoms with E-state index in [4.69, 9.17) is 5.11 Å². The molecular weight excluding hydrogens is 371 g/mol. The van der Waals surface area contributed by atoms with Gasteiger partial charge in [-0.1, -0.05) is 6.08 Å². The van der Waals surface area contributed by atoms with E-state index >= 15 is 0 Å². The van der Waals surface area contributed by atoms with Crippen molar-refractivity contribution in [2.24, 2.45) is 0 Å². The first-order chi connectivity index (χ1) is 13.3. The number of fused-ring (bicyclic) bond motifs is 1. The lowest BCUT2D eigenvalue weighted by molar-refractivity contribution is -0.0730. The van der Waals surface area contributed by atoms with E-state index in [-0.39, 0.29) is 18.4 Å². The molecule has 1 aromatic heterocycles. The molecule has 0 amide bonds. The molecule has 1 atom stereocenters. The van der Waals surface area contributed by atoms with Crippen molar-refractivity contribution in [1.82, 2.24) is 14.8 Å². The van der Waals surface area contributed by atoms with Crippen molar-refractivity contribution in [1.29, 1.82) is 0 Å². The lowest BCUT2D eigenvalue weighted by atomic mass is 9.97. The van der Waals surface area contributed by atoms with Crippen LogP contribution in [0.5, 0.6) is 0 Å². The third-order valence-corrected chi connectivity index (χ3v) is 5.48. The fourth-order valence-electron chi connectivity index (χ4n) is 4.10. The largest absolute Gasteiger partial charge is 0.414 e. The van der Waals surface area contributed by atoms with E-state index in [1.54, 1.807) is 19.1 Å². The van der Waals surface area contributed by atoms with Crippen LogP contribution in [0.2, 0.25) is 0 Å². The number of β-amino-alcohol motifs (C(OH)–C–C–N with tert-alkyl or cyclic N) is 2. The fraction of sp³-hybridized carbons (Fsp3) is 0.650. The summed E-state index contributed by atoms with van der Waals surface area (Å²) in [5.74, 6) is 0. The molecule has 1 aliphatic carbocycles. The maximum atomic E-state index is 13.4. The van der Waals surface area contributed by atoms with Crippen LogP contribution in [0.15, 0.2) is 6.07 Å². The van der Waals surface area contributed by atoms with Crippen LogP contribution in [-0.2, 0) is 0 Å². The summed E-state index contributed by atoms with van der Waals surface area (Å²) in [6.45, 7) is 6.07. The van der Waals surface area contributed by atoms with Crippen LogP contribution < -0.4 is 10.6 Å². The molecule has 0 bridgehead atoms. The van der Waals surface area contributed by atoms with E-state index in [0.717, 1.165) is 32.6 Å². The van der Waals surface area contributed by atoms with Gasteiger partial charge in [0.1, 0.15) is 0 Å². The van der Waals surface area contributed by atoms with Crippen LogP contribution in [0.1, 0.15) is 36.6 Å². The van der Waals surface area contributed by atoms with Gasteiger partial charge in [0, 0.05) is 37.1 Å². The van der Waals surface area contributed by atoms with Crippen molar-refractivity contribution in [3.63, 3.8) is 0 Å². The van der Waals surface area contributed by atoms with Gasteiger partial charge in [0.15, 0.2) is 0 Å². The molecule has 2 heterocycles. The van der Waals surface area contributed by atoms with Crippen LogP contribution in [0.3, 0.4) is 0 Å². The molecule has 1 saturated heterocycles. The standard InChI is InChI=1S/C20H28F3N3O2/c1-14-12-16(15-4-2-5-17(19(15)24-14)20(21,22)23)18(28)13-26-7-3-6-25(8-9-26)10-11-27/h4,12,18,27-28H,2-3,5-11,13H2,1H3. The van der Waals surface area contributed by atoms with Gasteiger partial charge in [-0.05, 0) is 50.9 Å². The summed E-state index contributed by atoms with van der Waals surface area (Å²) >= 11 is 0. The summed E-state index contributed by atoms with van der Waals surface area (Å²) in [7, 11) is 0. The van der Waals surface area contributed by atoms with Gasteiger partial charge in [-0.3, -0.25) is 14.8 Å². The van der Waals surface area contributed by atoms with Gasteiger partial charge in [-0.2, -0.15) is 13.2 Å². The summed E-state index contributed by atoms with van der Waals surface area (Å²) in [6.07, 6.45) is -2.36. The van der Waals surface area contributed by atoms with Crippen LogP contribution in [-0.4, -0.2) is 77.0 Å². The number of halogens is 3. The summed E-state index contributed by atoms with van der Waals surface area (Å²) < 4.78 is 40.3. The van der Waals surface area contributed by atoms with Crippen LogP contribution >= 0.6 is 0 Å². The Labute approximate surface area is 162 Å². The number of aliphatic hydroxyl groups is 2. The minimum atomic E-state index is -4.41. The molecule has 1 fully saturated rings. The minimum absolute atomic E-state index is 0.0298. The number of nitrogens with zero attached hydrogens (tertiary/aromatic N) is 3. The number of alkyl halides is 3. The predicted octanol–water partition coefficient (Wildman–Crippen LogP) is 0.711. The Hall–Kier alpha value is -1.48. The summed E-state index contributed by atoms with van der Waals surface area (Å²) in [5.41, 5.74) is 0.409. The maximum absolute atomic E-state index is 13.4. The molecule has 0 radical (unpaired) electrons. The summed E-state index contributed by atoms with van der Waals surface area (Å²) in [5, 5.41) is 20.4. The van der Waals surface area contributed by atoms with Crippen molar-refractivity contribution >= 4 is 11.6 Å². The Kier molecular flexibility index (Phi) is 6.75. The van der Waals surface area contributed by atoms with Crippen molar-refractivity contribution in [2.75, 3.05) is 45.9 Å². The van der Waals surface area contributed by atoms with Gasteiger partial charge in [0.25, 0.3) is 0 Å². The van der Waals surface area contributed by atoms with Gasteiger partial charge >= 0.3 is 6.18 Å². The first-order valence-corrected chi connectivity index (χ1v) is 9.81. The molecule has 2 N–H and O–H groups in total. The molecule has 5 nitrogen and oxygen atoms in total. The van der Waals surface area contributed by atoms with E-state index in [0.29, 0.717) is 36.0 Å². The Balaban J connectivity index is 1.86. The highest BCUT2D eigenvalue weighted by Crippen LogP contribution is 2.30. The van der Waals surface area contributed by atoms with E-state index in [9.17, 15) is 18.3 Å². The molecular formula is C20H28F3N3O2. The zero-order valence-electron chi connectivity index (χ0n) is 16.2. The molecule has 0 spiro atoms. The Morgan fingerprint density at radius 2 is 1.89 bits per heavy atom. The third-order valence-electron chi connectivity index (χ3n) is 5.48. The lowest BCUT2D eigenvalue weighted by Gasteiger charge is -2.25. The lowest BCUT2D eigenvalue weighted by Crippen LogP contribution is -2.42. The van der Waals surface area contributed by atoms with Crippen LogP contribution in [0.4, 0.5) is 13.2 Å². The Morgan fingerprint density at radius 1 is 1.18 bits per heavy atom. The van der Waals surface area contributed by atoms with Gasteiger partial charge < -0.3 is 10.2 Å². The molecule has 156 valence electrons. The zero-order chi connectivity index (χ0) is 20.3. The van der Waals surface area contributed by atoms with Crippen molar-refractivity contribution in [3.05, 3.63) is 27.9 Å². The molecule has 8 heteroatoms. The third kappa shape index (κ3) is 4.92. The molecule has 1 unspecified atom stereocenters. The number of aromatic nitrogens is 1. The highest BCUT2D eigenvalue weighted by Gasteiger charge is 2.35. The second-order valence-corrected chi connectivity index (χ2v) is 7.57. The number of aryl methyl sites for hydroxylation is 1. The topological polar surface area (TPSA) is 59.8 Å². The molecule has 3 rings (SSSR count). The molecule has 1 aromatic rings. The number of aliphatic hydroxyl groups excluding tert-OH is 2. The van der Waals surface area contributed by atoms with E-state index in [1.807, 2.05) is 0 Å². The zero-order valence-corrected chi connectivity index (χ0v) is 16.2. The maximum Gasteiger partial charge on any atom is 0.414 e. The molecule has 1 aliphatic heterocycles. The van der Waals surface area contributed by atoms with Gasteiger partial charge in [-0.25, -0.2) is 0 Å². The average molecular weight is 399 g/mol. The summed E-state index contributed by atoms with van der Waals surface area (Å²) in [4.78, 5) is 8.48. The van der Waals surface area contributed by atoms with Crippen LogP contribution in [0.25, 0.3) is 11.6 Å². The highest BCUT2D eigenvalue weighted by molar-refractivity contribution is 5.55. The number of hydrogen-bond acceptors (Lipinski definition) is 5. The predicted molar refractivity (Wildman–Crippen MR) is 101 cm³/mol. The van der Waals surface area contributed by atoms with Gasteiger partial charge in [-0.15, -0.1) is 0 Å². The molecule has 28 heavy (non-hydrogen) atoms. The Morgan fingerprint density at radius 3 is 2.61 bits per heavy atom. The average Bonchev–Trinajstić information content (AvgIpc) is 2.85. The van der Waals surface area contributed by atoms with Gasteiger partial charge in [0.2, 0.25) is 0 Å². The number of hydrogen-bond donors (Lipinski definition) is 2. The first-order valence-electron chi connectivity index (χ1n) is 9.81. The Bertz CT molecular complexity index is 810. The second-order valence-electron chi connectivity index (χ2n) is 7.57. The van der Waals surface area contributed by atoms with E-state index < -0.39 is 17.9 Å². The van der Waals surface area contributed by atoms with Crippen molar-refractivity contribution in [3.8, 4) is 0 Å². The van der Waals surface area contributed by atoms with Crippen LogP contribution in [0, 0.1) is 6.92 Å². The SMILES string of the molecule is Cc1cc(C(O)CN2CCCN(CCO)CC2)c2c(n1)=C(C(F)(F)F)CCC=2. The van der Waals surface area contributed by atoms with E-state index in [1.165, 1.54) is 0 Å². The highest BCUT2D eigenvalue weighted by atomic mass is 19.4. The smallest absolute Gasteiger partial charge is 0.395 e. The molecule has 0 aromatic carbocycles. The van der Waals surface area contributed by atoms with Gasteiger partial charge in [0.05, 0.1) is 23.6 Å². The monoisotopic (exact) mass is 399 g/mol. The molecule has 0 saturated carbocycles. The molecule has 2 aliphatic rings. The second kappa shape index (κ2) is 8.90. The van der Waals surface area contributed by atoms with Crippen molar-refractivity contribution in [2.45, 2.75) is 38.5 Å². The first kappa shape index (κ1) is 21.2. The number of rotatable bonds is 5.